The highest BCUT2D eigenvalue weighted by Crippen LogP contribution is 2.29. The van der Waals surface area contributed by atoms with E-state index in [-0.39, 0.29) is 11.6 Å². The fourth-order valence-electron chi connectivity index (χ4n) is 1.77. The molecule has 1 aromatic carbocycles. The number of benzene rings is 1. The van der Waals surface area contributed by atoms with Crippen LogP contribution in [0, 0.1) is 18.6 Å². The van der Waals surface area contributed by atoms with Gasteiger partial charge in [-0.05, 0) is 25.1 Å². The summed E-state index contributed by atoms with van der Waals surface area (Å²) in [5.74, 6) is -2.81. The van der Waals surface area contributed by atoms with E-state index < -0.39 is 17.6 Å². The minimum Gasteiger partial charge on any atom is -0.478 e. The number of aromatic nitrogens is 2. The van der Waals surface area contributed by atoms with Gasteiger partial charge in [0.15, 0.2) is 11.6 Å². The van der Waals surface area contributed by atoms with Crippen LogP contribution in [0.25, 0.3) is 6.08 Å². The Morgan fingerprint density at radius 2 is 2.10 bits per heavy atom. The van der Waals surface area contributed by atoms with Crippen LogP contribution >= 0.6 is 0 Å². The SMILES string of the molecule is Cc1nn(C)c(Oc2ccc(F)c(F)c2)c1/C=C/C(=O)O. The normalized spacial score (nSPS) is 11.0. The molecule has 0 aliphatic heterocycles. The number of carboxylic acid groups (broad SMARTS) is 1. The third-order valence-electron chi connectivity index (χ3n) is 2.71. The van der Waals surface area contributed by atoms with Gasteiger partial charge in [-0.25, -0.2) is 18.3 Å². The zero-order valence-electron chi connectivity index (χ0n) is 11.3. The van der Waals surface area contributed by atoms with Gasteiger partial charge in [0.2, 0.25) is 5.88 Å². The molecule has 0 radical (unpaired) electrons. The molecular weight excluding hydrogens is 282 g/mol. The Bertz CT molecular complexity index is 723. The van der Waals surface area contributed by atoms with Gasteiger partial charge in [0.05, 0.1) is 11.3 Å². The van der Waals surface area contributed by atoms with Crippen molar-refractivity contribution in [3.8, 4) is 11.6 Å². The number of aryl methyl sites for hydroxylation is 2. The Kier molecular flexibility index (Phi) is 4.02. The lowest BCUT2D eigenvalue weighted by Gasteiger charge is -2.07. The molecule has 0 amide bonds. The molecule has 5 nitrogen and oxygen atoms in total. The van der Waals surface area contributed by atoms with Gasteiger partial charge < -0.3 is 9.84 Å². The number of halogens is 2. The third-order valence-corrected chi connectivity index (χ3v) is 2.71. The largest absolute Gasteiger partial charge is 0.478 e. The number of rotatable bonds is 4. The summed E-state index contributed by atoms with van der Waals surface area (Å²) < 4.78 is 32.9. The molecule has 0 unspecified atom stereocenters. The number of hydrogen-bond acceptors (Lipinski definition) is 3. The van der Waals surface area contributed by atoms with Crippen LogP contribution in [0.4, 0.5) is 8.78 Å². The molecule has 1 heterocycles. The van der Waals surface area contributed by atoms with Crippen molar-refractivity contribution in [1.82, 2.24) is 9.78 Å². The fraction of sp³-hybridized carbons (Fsp3) is 0.143. The number of ether oxygens (including phenoxy) is 1. The first kappa shape index (κ1) is 14.7. The van der Waals surface area contributed by atoms with E-state index in [1.807, 2.05) is 0 Å². The number of hydrogen-bond donors (Lipinski definition) is 1. The van der Waals surface area contributed by atoms with Crippen molar-refractivity contribution in [3.63, 3.8) is 0 Å². The maximum absolute atomic E-state index is 13.2. The van der Waals surface area contributed by atoms with Crippen molar-refractivity contribution >= 4 is 12.0 Å². The molecule has 7 heteroatoms. The summed E-state index contributed by atoms with van der Waals surface area (Å²) in [6, 6.07) is 3.12. The summed E-state index contributed by atoms with van der Waals surface area (Å²) in [4.78, 5) is 10.6. The maximum atomic E-state index is 13.2. The molecule has 0 spiro atoms. The van der Waals surface area contributed by atoms with E-state index in [1.54, 1.807) is 14.0 Å². The van der Waals surface area contributed by atoms with Crippen molar-refractivity contribution in [2.24, 2.45) is 7.05 Å². The van der Waals surface area contributed by atoms with Gasteiger partial charge in [0.25, 0.3) is 0 Å². The monoisotopic (exact) mass is 294 g/mol. The number of nitrogens with zero attached hydrogens (tertiary/aromatic N) is 2. The van der Waals surface area contributed by atoms with Crippen LogP contribution in [0.1, 0.15) is 11.3 Å². The van der Waals surface area contributed by atoms with E-state index in [0.717, 1.165) is 18.2 Å². The van der Waals surface area contributed by atoms with Gasteiger partial charge in [0, 0.05) is 19.2 Å². The van der Waals surface area contributed by atoms with Gasteiger partial charge in [0.1, 0.15) is 5.75 Å². The molecule has 0 aliphatic carbocycles. The van der Waals surface area contributed by atoms with E-state index in [9.17, 15) is 13.6 Å². The number of carbonyl (C=O) groups is 1. The average Bonchev–Trinajstić information content (AvgIpc) is 2.66. The molecule has 1 N–H and O–H groups in total. The van der Waals surface area contributed by atoms with Gasteiger partial charge in [-0.2, -0.15) is 5.10 Å². The smallest absolute Gasteiger partial charge is 0.328 e. The quantitative estimate of drug-likeness (QED) is 0.881. The third kappa shape index (κ3) is 3.25. The standard InChI is InChI=1S/C14H12F2N2O3/c1-8-10(4-6-13(19)20)14(18(2)17-8)21-9-3-5-11(15)12(16)7-9/h3-7H,1-2H3,(H,19,20)/b6-4+. The second-order valence-electron chi connectivity index (χ2n) is 4.28. The Morgan fingerprint density at radius 1 is 1.38 bits per heavy atom. The predicted octanol–water partition coefficient (Wildman–Crippen LogP) is 2.90. The highest BCUT2D eigenvalue weighted by molar-refractivity contribution is 5.86. The first-order valence-electron chi connectivity index (χ1n) is 5.96. The van der Waals surface area contributed by atoms with Crippen molar-refractivity contribution in [2.45, 2.75) is 6.92 Å². The van der Waals surface area contributed by atoms with Crippen LogP contribution in [0.2, 0.25) is 0 Å². The molecule has 0 saturated heterocycles. The molecule has 0 atom stereocenters. The van der Waals surface area contributed by atoms with Crippen molar-refractivity contribution in [2.75, 3.05) is 0 Å². The predicted molar refractivity (Wildman–Crippen MR) is 71.0 cm³/mol. The van der Waals surface area contributed by atoms with E-state index >= 15 is 0 Å². The van der Waals surface area contributed by atoms with Gasteiger partial charge >= 0.3 is 5.97 Å². The van der Waals surface area contributed by atoms with Crippen molar-refractivity contribution in [3.05, 3.63) is 47.2 Å². The minimum atomic E-state index is -1.11. The summed E-state index contributed by atoms with van der Waals surface area (Å²) in [6.45, 7) is 1.68. The van der Waals surface area contributed by atoms with Crippen LogP contribution in [-0.4, -0.2) is 20.9 Å². The molecule has 2 aromatic rings. The Balaban J connectivity index is 2.39. The molecule has 2 rings (SSSR count). The van der Waals surface area contributed by atoms with Crippen molar-refractivity contribution < 1.29 is 23.4 Å². The van der Waals surface area contributed by atoms with Gasteiger partial charge in [-0.15, -0.1) is 0 Å². The summed E-state index contributed by atoms with van der Waals surface area (Å²) in [6.07, 6.45) is 2.28. The average molecular weight is 294 g/mol. The summed E-state index contributed by atoms with van der Waals surface area (Å²) >= 11 is 0. The molecule has 0 bridgehead atoms. The van der Waals surface area contributed by atoms with Crippen LogP contribution in [0.3, 0.4) is 0 Å². The lowest BCUT2D eigenvalue weighted by molar-refractivity contribution is -0.131. The fourth-order valence-corrected chi connectivity index (χ4v) is 1.77. The molecule has 1 aromatic heterocycles. The minimum absolute atomic E-state index is 0.0851. The zero-order chi connectivity index (χ0) is 15.6. The van der Waals surface area contributed by atoms with Crippen molar-refractivity contribution in [1.29, 1.82) is 0 Å². The lowest BCUT2D eigenvalue weighted by Crippen LogP contribution is -1.97. The van der Waals surface area contributed by atoms with Gasteiger partial charge in [-0.1, -0.05) is 0 Å². The lowest BCUT2D eigenvalue weighted by atomic mass is 10.2. The van der Waals surface area contributed by atoms with E-state index in [0.29, 0.717) is 11.3 Å². The van der Waals surface area contributed by atoms with Crippen LogP contribution in [0.15, 0.2) is 24.3 Å². The highest BCUT2D eigenvalue weighted by Gasteiger charge is 2.14. The molecule has 21 heavy (non-hydrogen) atoms. The zero-order valence-corrected chi connectivity index (χ0v) is 11.3. The maximum Gasteiger partial charge on any atom is 0.328 e. The van der Waals surface area contributed by atoms with E-state index in [4.69, 9.17) is 9.84 Å². The molecule has 0 saturated carbocycles. The number of carboxylic acids is 1. The second-order valence-corrected chi connectivity index (χ2v) is 4.28. The molecule has 0 aliphatic rings. The first-order valence-corrected chi connectivity index (χ1v) is 5.96. The summed E-state index contributed by atoms with van der Waals surface area (Å²) in [5.41, 5.74) is 0.997. The Morgan fingerprint density at radius 3 is 2.71 bits per heavy atom. The highest BCUT2D eigenvalue weighted by atomic mass is 19.2. The van der Waals surface area contributed by atoms with E-state index in [2.05, 4.69) is 5.10 Å². The summed E-state index contributed by atoms with van der Waals surface area (Å²) in [5, 5.41) is 12.8. The topological polar surface area (TPSA) is 64.4 Å². The Hall–Kier alpha value is -2.70. The number of aliphatic carboxylic acids is 1. The van der Waals surface area contributed by atoms with Crippen LogP contribution in [0.5, 0.6) is 11.6 Å². The second kappa shape index (κ2) is 5.74. The molecule has 110 valence electrons. The molecule has 0 fully saturated rings. The van der Waals surface area contributed by atoms with Crippen LogP contribution in [-0.2, 0) is 11.8 Å². The molecular formula is C14H12F2N2O3. The van der Waals surface area contributed by atoms with Crippen LogP contribution < -0.4 is 4.74 Å². The first-order chi connectivity index (χ1) is 9.88. The Labute approximate surface area is 119 Å². The van der Waals surface area contributed by atoms with E-state index in [1.165, 1.54) is 16.8 Å². The summed E-state index contributed by atoms with van der Waals surface area (Å²) in [7, 11) is 1.60. The van der Waals surface area contributed by atoms with Gasteiger partial charge in [-0.3, -0.25) is 0 Å².